The van der Waals surface area contributed by atoms with Gasteiger partial charge in [-0.25, -0.2) is 0 Å². The number of benzene rings is 2. The SMILES string of the molecule is Cc1ccc(N)cc1C(=O)N1CCCC1c1cccc(N(C)C)c1. The fourth-order valence-electron chi connectivity index (χ4n) is 3.39. The third-order valence-corrected chi connectivity index (χ3v) is 4.78. The molecule has 0 saturated carbocycles. The van der Waals surface area contributed by atoms with Crippen molar-refractivity contribution in [2.45, 2.75) is 25.8 Å². The number of nitrogens with zero attached hydrogens (tertiary/aromatic N) is 2. The van der Waals surface area contributed by atoms with Crippen molar-refractivity contribution in [3.8, 4) is 0 Å². The first-order valence-electron chi connectivity index (χ1n) is 8.42. The van der Waals surface area contributed by atoms with Crippen LogP contribution in [0.25, 0.3) is 0 Å². The van der Waals surface area contributed by atoms with Gasteiger partial charge in [-0.05, 0) is 55.2 Å². The van der Waals surface area contributed by atoms with Gasteiger partial charge in [-0.1, -0.05) is 18.2 Å². The van der Waals surface area contributed by atoms with E-state index in [1.165, 1.54) is 5.56 Å². The summed E-state index contributed by atoms with van der Waals surface area (Å²) in [6.07, 6.45) is 2.04. The molecule has 3 rings (SSSR count). The molecule has 1 aliphatic heterocycles. The van der Waals surface area contributed by atoms with Crippen molar-refractivity contribution in [3.63, 3.8) is 0 Å². The van der Waals surface area contributed by atoms with Crippen LogP contribution in [0.3, 0.4) is 0 Å². The zero-order chi connectivity index (χ0) is 17.3. The minimum atomic E-state index is 0.0811. The number of nitrogen functional groups attached to an aromatic ring is 1. The van der Waals surface area contributed by atoms with Crippen LogP contribution >= 0.6 is 0 Å². The molecule has 2 N–H and O–H groups in total. The maximum absolute atomic E-state index is 13.1. The summed E-state index contributed by atoms with van der Waals surface area (Å²) in [5.74, 6) is 0.0811. The Morgan fingerprint density at radius 1 is 1.21 bits per heavy atom. The summed E-state index contributed by atoms with van der Waals surface area (Å²) in [5, 5.41) is 0. The number of rotatable bonds is 3. The smallest absolute Gasteiger partial charge is 0.254 e. The van der Waals surface area contributed by atoms with E-state index in [0.717, 1.165) is 30.6 Å². The molecule has 1 aliphatic rings. The van der Waals surface area contributed by atoms with Gasteiger partial charge in [0.15, 0.2) is 0 Å². The van der Waals surface area contributed by atoms with E-state index in [1.54, 1.807) is 6.07 Å². The lowest BCUT2D eigenvalue weighted by molar-refractivity contribution is 0.0735. The van der Waals surface area contributed by atoms with Gasteiger partial charge in [0.25, 0.3) is 5.91 Å². The molecule has 1 heterocycles. The molecular formula is C20H25N3O. The fraction of sp³-hybridized carbons (Fsp3) is 0.350. The average Bonchev–Trinajstić information content (AvgIpc) is 3.06. The first kappa shape index (κ1) is 16.4. The van der Waals surface area contributed by atoms with Crippen LogP contribution in [0.1, 0.15) is 40.4 Å². The predicted molar refractivity (Wildman–Crippen MR) is 99.4 cm³/mol. The van der Waals surface area contributed by atoms with Crippen molar-refractivity contribution in [3.05, 3.63) is 59.2 Å². The first-order valence-corrected chi connectivity index (χ1v) is 8.42. The van der Waals surface area contributed by atoms with E-state index < -0.39 is 0 Å². The van der Waals surface area contributed by atoms with E-state index in [1.807, 2.05) is 38.1 Å². The highest BCUT2D eigenvalue weighted by Gasteiger charge is 2.31. The van der Waals surface area contributed by atoms with Crippen LogP contribution in [0.2, 0.25) is 0 Å². The quantitative estimate of drug-likeness (QED) is 0.878. The highest BCUT2D eigenvalue weighted by molar-refractivity contribution is 5.97. The molecule has 2 aromatic carbocycles. The zero-order valence-electron chi connectivity index (χ0n) is 14.6. The van der Waals surface area contributed by atoms with Crippen LogP contribution in [-0.4, -0.2) is 31.4 Å². The number of carbonyl (C=O) groups excluding carboxylic acids is 1. The van der Waals surface area contributed by atoms with Crippen LogP contribution in [0.15, 0.2) is 42.5 Å². The summed E-state index contributed by atoms with van der Waals surface area (Å²) in [6.45, 7) is 2.76. The molecule has 0 radical (unpaired) electrons. The standard InChI is InChI=1S/C20H25N3O/c1-14-9-10-16(21)13-18(14)20(24)23-11-5-8-19(23)15-6-4-7-17(12-15)22(2)3/h4,6-7,9-10,12-13,19H,5,8,11,21H2,1-3H3. The summed E-state index contributed by atoms with van der Waals surface area (Å²) in [5.41, 5.74) is 10.6. The zero-order valence-corrected chi connectivity index (χ0v) is 14.6. The second kappa shape index (κ2) is 6.56. The Kier molecular flexibility index (Phi) is 4.47. The van der Waals surface area contributed by atoms with E-state index in [2.05, 4.69) is 29.2 Å². The van der Waals surface area contributed by atoms with Crippen LogP contribution in [0, 0.1) is 6.92 Å². The summed E-state index contributed by atoms with van der Waals surface area (Å²) >= 11 is 0. The third kappa shape index (κ3) is 3.09. The number of carbonyl (C=O) groups is 1. The lowest BCUT2D eigenvalue weighted by Gasteiger charge is -2.27. The van der Waals surface area contributed by atoms with Crippen molar-refractivity contribution >= 4 is 17.3 Å². The minimum Gasteiger partial charge on any atom is -0.399 e. The number of aryl methyl sites for hydroxylation is 1. The Morgan fingerprint density at radius 2 is 2.00 bits per heavy atom. The lowest BCUT2D eigenvalue weighted by Crippen LogP contribution is -2.31. The van der Waals surface area contributed by atoms with Crippen molar-refractivity contribution in [2.75, 3.05) is 31.3 Å². The maximum Gasteiger partial charge on any atom is 0.254 e. The topological polar surface area (TPSA) is 49.6 Å². The molecule has 4 heteroatoms. The van der Waals surface area contributed by atoms with Crippen LogP contribution in [0.4, 0.5) is 11.4 Å². The molecule has 1 fully saturated rings. The minimum absolute atomic E-state index is 0.0811. The van der Waals surface area contributed by atoms with Gasteiger partial charge < -0.3 is 15.5 Å². The Balaban J connectivity index is 1.92. The second-order valence-electron chi connectivity index (χ2n) is 6.72. The Morgan fingerprint density at radius 3 is 2.75 bits per heavy atom. The van der Waals surface area contributed by atoms with E-state index in [9.17, 15) is 4.79 Å². The fourth-order valence-corrected chi connectivity index (χ4v) is 3.39. The number of nitrogens with two attached hydrogens (primary N) is 1. The van der Waals surface area contributed by atoms with Gasteiger partial charge >= 0.3 is 0 Å². The van der Waals surface area contributed by atoms with Crippen molar-refractivity contribution in [2.24, 2.45) is 0 Å². The van der Waals surface area contributed by atoms with Crippen LogP contribution in [0.5, 0.6) is 0 Å². The Bertz CT molecular complexity index is 754. The van der Waals surface area contributed by atoms with Crippen LogP contribution in [-0.2, 0) is 0 Å². The molecule has 24 heavy (non-hydrogen) atoms. The van der Waals surface area contributed by atoms with Gasteiger partial charge in [0.1, 0.15) is 0 Å². The van der Waals surface area contributed by atoms with E-state index in [-0.39, 0.29) is 11.9 Å². The third-order valence-electron chi connectivity index (χ3n) is 4.78. The highest BCUT2D eigenvalue weighted by Crippen LogP contribution is 2.35. The molecule has 0 aromatic heterocycles. The molecular weight excluding hydrogens is 298 g/mol. The summed E-state index contributed by atoms with van der Waals surface area (Å²) in [4.78, 5) is 17.2. The van der Waals surface area contributed by atoms with Crippen LogP contribution < -0.4 is 10.6 Å². The van der Waals surface area contributed by atoms with Crippen molar-refractivity contribution < 1.29 is 4.79 Å². The van der Waals surface area contributed by atoms with Gasteiger partial charge in [-0.2, -0.15) is 0 Å². The molecule has 1 saturated heterocycles. The Hall–Kier alpha value is -2.49. The maximum atomic E-state index is 13.1. The second-order valence-corrected chi connectivity index (χ2v) is 6.72. The molecule has 0 aliphatic carbocycles. The molecule has 0 spiro atoms. The molecule has 4 nitrogen and oxygen atoms in total. The molecule has 126 valence electrons. The van der Waals surface area contributed by atoms with E-state index in [0.29, 0.717) is 11.3 Å². The predicted octanol–water partition coefficient (Wildman–Crippen LogP) is 3.62. The monoisotopic (exact) mass is 323 g/mol. The first-order chi connectivity index (χ1) is 11.5. The summed E-state index contributed by atoms with van der Waals surface area (Å²) in [7, 11) is 4.07. The molecule has 1 unspecified atom stereocenters. The van der Waals surface area contributed by atoms with Crippen molar-refractivity contribution in [1.82, 2.24) is 4.90 Å². The molecule has 2 aromatic rings. The molecule has 1 atom stereocenters. The van der Waals surface area contributed by atoms with E-state index >= 15 is 0 Å². The number of anilines is 2. The normalized spacial score (nSPS) is 17.1. The number of hydrogen-bond acceptors (Lipinski definition) is 3. The van der Waals surface area contributed by atoms with Gasteiger partial charge in [0.2, 0.25) is 0 Å². The van der Waals surface area contributed by atoms with E-state index in [4.69, 9.17) is 5.73 Å². The van der Waals surface area contributed by atoms with Crippen molar-refractivity contribution in [1.29, 1.82) is 0 Å². The largest absolute Gasteiger partial charge is 0.399 e. The molecule has 0 bridgehead atoms. The summed E-state index contributed by atoms with van der Waals surface area (Å²) in [6, 6.07) is 14.2. The van der Waals surface area contributed by atoms with Gasteiger partial charge in [-0.3, -0.25) is 4.79 Å². The van der Waals surface area contributed by atoms with Gasteiger partial charge in [0.05, 0.1) is 6.04 Å². The number of amides is 1. The number of likely N-dealkylation sites (tertiary alicyclic amines) is 1. The average molecular weight is 323 g/mol. The Labute approximate surface area is 143 Å². The van der Waals surface area contributed by atoms with Gasteiger partial charge in [-0.15, -0.1) is 0 Å². The lowest BCUT2D eigenvalue weighted by atomic mass is 10.0. The summed E-state index contributed by atoms with van der Waals surface area (Å²) < 4.78 is 0. The number of hydrogen-bond donors (Lipinski definition) is 1. The highest BCUT2D eigenvalue weighted by atomic mass is 16.2. The van der Waals surface area contributed by atoms with Gasteiger partial charge in [0, 0.05) is 37.6 Å². The molecule has 1 amide bonds.